The molecule has 0 radical (unpaired) electrons. The summed E-state index contributed by atoms with van der Waals surface area (Å²) < 4.78 is 11.0. The molecule has 0 spiro atoms. The fraction of sp³-hybridized carbons (Fsp3) is 0.407. The summed E-state index contributed by atoms with van der Waals surface area (Å²) in [5.74, 6) is 0.797. The van der Waals surface area contributed by atoms with Gasteiger partial charge >= 0.3 is 0 Å². The van der Waals surface area contributed by atoms with Crippen LogP contribution in [0.5, 0.6) is 5.75 Å². The van der Waals surface area contributed by atoms with Crippen molar-refractivity contribution in [2.45, 2.75) is 38.5 Å². The summed E-state index contributed by atoms with van der Waals surface area (Å²) in [6.45, 7) is 6.39. The summed E-state index contributed by atoms with van der Waals surface area (Å²) >= 11 is 6.02. The largest absolute Gasteiger partial charge is 0.491 e. The highest BCUT2D eigenvalue weighted by atomic mass is 35.5. The molecule has 7 nitrogen and oxygen atoms in total. The van der Waals surface area contributed by atoms with Crippen LogP contribution in [0, 0.1) is 0 Å². The standard InChI is InChI=1S/C27H34ClN3O4/c1-3-34-15-16-35-22-12-10-21(11-13-22)17-20(2)31(18-25(32)23-7-4-5-14-29-23)19-26(33)24-8-6-9-27(28)30-24/h4-14,20,25-26,32-33H,3,15-19H2,1-2H3/t20-,25-,26+/m1/s1. The van der Waals surface area contributed by atoms with Crippen LogP contribution in [0.1, 0.15) is 43.0 Å². The zero-order chi connectivity index (χ0) is 25.0. The Morgan fingerprint density at radius 2 is 1.63 bits per heavy atom. The number of pyridine rings is 2. The summed E-state index contributed by atoms with van der Waals surface area (Å²) in [6, 6.07) is 18.6. The predicted octanol–water partition coefficient (Wildman–Crippen LogP) is 4.25. The van der Waals surface area contributed by atoms with Crippen LogP contribution in [0.2, 0.25) is 5.15 Å². The molecular formula is C27H34ClN3O4. The number of aliphatic hydroxyl groups excluding tert-OH is 2. The molecular weight excluding hydrogens is 466 g/mol. The normalized spacial score (nSPS) is 14.0. The van der Waals surface area contributed by atoms with Crippen LogP contribution in [-0.4, -0.2) is 64.0 Å². The van der Waals surface area contributed by atoms with E-state index >= 15 is 0 Å². The maximum Gasteiger partial charge on any atom is 0.129 e. The molecule has 3 atom stereocenters. The monoisotopic (exact) mass is 499 g/mol. The number of rotatable bonds is 14. The van der Waals surface area contributed by atoms with Crippen LogP contribution in [0.4, 0.5) is 0 Å². The zero-order valence-electron chi connectivity index (χ0n) is 20.3. The third-order valence-electron chi connectivity index (χ3n) is 5.70. The van der Waals surface area contributed by atoms with Gasteiger partial charge in [0.2, 0.25) is 0 Å². The van der Waals surface area contributed by atoms with Gasteiger partial charge in [0.15, 0.2) is 0 Å². The van der Waals surface area contributed by atoms with E-state index in [1.54, 1.807) is 30.5 Å². The van der Waals surface area contributed by atoms with Crippen molar-refractivity contribution in [3.8, 4) is 5.75 Å². The molecule has 8 heteroatoms. The highest BCUT2D eigenvalue weighted by Crippen LogP contribution is 2.21. The lowest BCUT2D eigenvalue weighted by atomic mass is 10.0. The van der Waals surface area contributed by atoms with Crippen molar-refractivity contribution in [2.75, 3.05) is 32.9 Å². The predicted molar refractivity (Wildman–Crippen MR) is 137 cm³/mol. The summed E-state index contributed by atoms with van der Waals surface area (Å²) in [7, 11) is 0. The molecule has 0 unspecified atom stereocenters. The molecule has 0 aliphatic carbocycles. The molecule has 0 saturated carbocycles. The first kappa shape index (κ1) is 27.0. The molecule has 3 rings (SSSR count). The highest BCUT2D eigenvalue weighted by molar-refractivity contribution is 6.29. The molecule has 2 N–H and O–H groups in total. The maximum absolute atomic E-state index is 10.9. The summed E-state index contributed by atoms with van der Waals surface area (Å²) in [5, 5.41) is 22.1. The fourth-order valence-electron chi connectivity index (χ4n) is 3.80. The lowest BCUT2D eigenvalue weighted by Gasteiger charge is -2.32. The molecule has 2 aromatic heterocycles. The Hall–Kier alpha value is -2.55. The first-order valence-corrected chi connectivity index (χ1v) is 12.3. The van der Waals surface area contributed by atoms with Crippen LogP contribution < -0.4 is 4.74 Å². The van der Waals surface area contributed by atoms with Crippen molar-refractivity contribution in [3.05, 3.63) is 89.0 Å². The SMILES string of the molecule is CCOCCOc1ccc(C[C@@H](C)N(C[C@@H](O)c2ccccn2)C[C@H](O)c2cccc(Cl)n2)cc1. The Morgan fingerprint density at radius 1 is 0.914 bits per heavy atom. The van der Waals surface area contributed by atoms with E-state index in [9.17, 15) is 10.2 Å². The number of aromatic nitrogens is 2. The molecule has 2 heterocycles. The molecule has 0 saturated heterocycles. The van der Waals surface area contributed by atoms with Gasteiger partial charge in [0.1, 0.15) is 29.7 Å². The topological polar surface area (TPSA) is 87.9 Å². The third-order valence-corrected chi connectivity index (χ3v) is 5.91. The molecule has 0 bridgehead atoms. The minimum absolute atomic E-state index is 0.0203. The number of hydrogen-bond donors (Lipinski definition) is 2. The van der Waals surface area contributed by atoms with E-state index in [2.05, 4.69) is 21.8 Å². The van der Waals surface area contributed by atoms with Gasteiger partial charge in [-0.25, -0.2) is 4.98 Å². The van der Waals surface area contributed by atoms with E-state index in [1.165, 1.54) is 0 Å². The third kappa shape index (κ3) is 8.87. The Morgan fingerprint density at radius 3 is 2.29 bits per heavy atom. The lowest BCUT2D eigenvalue weighted by Crippen LogP contribution is -2.40. The van der Waals surface area contributed by atoms with Crippen molar-refractivity contribution in [3.63, 3.8) is 0 Å². The number of benzene rings is 1. The van der Waals surface area contributed by atoms with Gasteiger partial charge in [0.05, 0.1) is 18.0 Å². The van der Waals surface area contributed by atoms with Crippen molar-refractivity contribution < 1.29 is 19.7 Å². The second-order valence-corrected chi connectivity index (χ2v) is 8.76. The van der Waals surface area contributed by atoms with E-state index < -0.39 is 12.2 Å². The van der Waals surface area contributed by atoms with Crippen molar-refractivity contribution in [2.24, 2.45) is 0 Å². The average molecular weight is 500 g/mol. The quantitative estimate of drug-likeness (QED) is 0.253. The molecule has 1 aromatic carbocycles. The molecule has 0 aliphatic heterocycles. The Balaban J connectivity index is 1.68. The smallest absolute Gasteiger partial charge is 0.129 e. The number of hydrogen-bond acceptors (Lipinski definition) is 7. The van der Waals surface area contributed by atoms with Crippen LogP contribution in [0.3, 0.4) is 0 Å². The van der Waals surface area contributed by atoms with E-state index in [1.807, 2.05) is 43.3 Å². The Kier molecular flexibility index (Phi) is 10.9. The van der Waals surface area contributed by atoms with E-state index in [0.717, 1.165) is 17.7 Å². The molecule has 0 amide bonds. The van der Waals surface area contributed by atoms with Gasteiger partial charge in [0.25, 0.3) is 0 Å². The van der Waals surface area contributed by atoms with Crippen molar-refractivity contribution >= 4 is 11.6 Å². The second-order valence-electron chi connectivity index (χ2n) is 8.37. The maximum atomic E-state index is 10.9. The Labute approximate surface area is 212 Å². The van der Waals surface area contributed by atoms with E-state index in [0.29, 0.717) is 42.9 Å². The minimum Gasteiger partial charge on any atom is -0.491 e. The first-order chi connectivity index (χ1) is 17.0. The van der Waals surface area contributed by atoms with Crippen molar-refractivity contribution in [1.29, 1.82) is 0 Å². The van der Waals surface area contributed by atoms with Gasteiger partial charge in [-0.15, -0.1) is 0 Å². The molecule has 188 valence electrons. The van der Waals surface area contributed by atoms with Crippen LogP contribution in [0.15, 0.2) is 66.9 Å². The summed E-state index contributed by atoms with van der Waals surface area (Å²) in [6.07, 6.45) is 0.742. The van der Waals surface area contributed by atoms with Gasteiger partial charge in [-0.05, 0) is 62.2 Å². The number of halogens is 1. The molecule has 0 fully saturated rings. The van der Waals surface area contributed by atoms with Gasteiger partial charge in [-0.3, -0.25) is 9.88 Å². The van der Waals surface area contributed by atoms with Gasteiger partial charge in [0, 0.05) is 31.9 Å². The molecule has 3 aromatic rings. The van der Waals surface area contributed by atoms with Gasteiger partial charge in [-0.2, -0.15) is 0 Å². The van der Waals surface area contributed by atoms with Crippen LogP contribution in [0.25, 0.3) is 0 Å². The number of aliphatic hydroxyl groups is 2. The number of ether oxygens (including phenoxy) is 2. The van der Waals surface area contributed by atoms with Crippen molar-refractivity contribution in [1.82, 2.24) is 14.9 Å². The van der Waals surface area contributed by atoms with Crippen LogP contribution in [-0.2, 0) is 11.2 Å². The first-order valence-electron chi connectivity index (χ1n) is 11.9. The van der Waals surface area contributed by atoms with Gasteiger partial charge in [-0.1, -0.05) is 35.9 Å². The average Bonchev–Trinajstić information content (AvgIpc) is 2.87. The van der Waals surface area contributed by atoms with Gasteiger partial charge < -0.3 is 19.7 Å². The second kappa shape index (κ2) is 14.1. The van der Waals surface area contributed by atoms with E-state index in [-0.39, 0.29) is 12.6 Å². The lowest BCUT2D eigenvalue weighted by molar-refractivity contribution is 0.0452. The van der Waals surface area contributed by atoms with E-state index in [4.69, 9.17) is 21.1 Å². The number of nitrogens with zero attached hydrogens (tertiary/aromatic N) is 3. The summed E-state index contributed by atoms with van der Waals surface area (Å²) in [5.41, 5.74) is 2.21. The minimum atomic E-state index is -0.854. The van der Waals surface area contributed by atoms with Crippen LogP contribution >= 0.6 is 11.6 Å². The fourth-order valence-corrected chi connectivity index (χ4v) is 3.97. The molecule has 0 aliphatic rings. The summed E-state index contributed by atoms with van der Waals surface area (Å²) in [4.78, 5) is 10.6. The highest BCUT2D eigenvalue weighted by Gasteiger charge is 2.24. The zero-order valence-corrected chi connectivity index (χ0v) is 21.0. The Bertz CT molecular complexity index is 1010. The molecule has 35 heavy (non-hydrogen) atoms.